The third-order valence-corrected chi connectivity index (χ3v) is 7.29. The van der Waals surface area contributed by atoms with Gasteiger partial charge in [-0.15, -0.1) is 23.1 Å². The minimum absolute atomic E-state index is 0.118. The van der Waals surface area contributed by atoms with Crippen LogP contribution >= 0.6 is 34.7 Å². The maximum atomic E-state index is 13.2. The van der Waals surface area contributed by atoms with Gasteiger partial charge in [0.15, 0.2) is 0 Å². The van der Waals surface area contributed by atoms with E-state index in [-0.39, 0.29) is 22.5 Å². The number of nitrogens with zero attached hydrogens (tertiary/aromatic N) is 1. The highest BCUT2D eigenvalue weighted by Crippen LogP contribution is 2.31. The molecule has 0 saturated heterocycles. The van der Waals surface area contributed by atoms with Gasteiger partial charge in [-0.05, 0) is 36.2 Å². The number of rotatable bonds is 7. The number of amides is 1. The quantitative estimate of drug-likeness (QED) is 0.367. The summed E-state index contributed by atoms with van der Waals surface area (Å²) in [5.74, 6) is 0.443. The number of benzene rings is 2. The van der Waals surface area contributed by atoms with Gasteiger partial charge in [0.2, 0.25) is 5.91 Å². The zero-order valence-electron chi connectivity index (χ0n) is 17.0. The van der Waals surface area contributed by atoms with Crippen molar-refractivity contribution in [2.75, 3.05) is 0 Å². The van der Waals surface area contributed by atoms with Crippen molar-refractivity contribution in [1.82, 2.24) is 15.3 Å². The largest absolute Gasteiger partial charge is 0.351 e. The SMILES string of the molecule is C[C@H](SCc1nc2scc(-c3ccc(F)cc3)c2c(=O)[nH]1)C(=O)NCc1ccccc1Cl. The first-order valence-corrected chi connectivity index (χ1v) is 12.1. The van der Waals surface area contributed by atoms with Gasteiger partial charge in [0.1, 0.15) is 16.5 Å². The number of carbonyl (C=O) groups is 1. The molecule has 1 amide bonds. The monoisotopic (exact) mass is 487 g/mol. The van der Waals surface area contributed by atoms with Crippen molar-refractivity contribution >= 4 is 50.8 Å². The molecule has 0 radical (unpaired) electrons. The third-order valence-electron chi connectivity index (χ3n) is 4.90. The minimum Gasteiger partial charge on any atom is -0.351 e. The van der Waals surface area contributed by atoms with Crippen LogP contribution in [0.3, 0.4) is 0 Å². The number of hydrogen-bond donors (Lipinski definition) is 2. The normalized spacial score (nSPS) is 12.1. The maximum Gasteiger partial charge on any atom is 0.260 e. The number of thioether (sulfide) groups is 1. The van der Waals surface area contributed by atoms with Crippen molar-refractivity contribution in [2.45, 2.75) is 24.5 Å². The Labute approximate surface area is 197 Å². The van der Waals surface area contributed by atoms with Gasteiger partial charge in [0.05, 0.1) is 16.4 Å². The summed E-state index contributed by atoms with van der Waals surface area (Å²) < 4.78 is 13.2. The first-order valence-electron chi connectivity index (χ1n) is 9.81. The topological polar surface area (TPSA) is 74.8 Å². The summed E-state index contributed by atoms with van der Waals surface area (Å²) in [6.45, 7) is 2.16. The molecule has 0 spiro atoms. The Morgan fingerprint density at radius 3 is 2.75 bits per heavy atom. The number of carbonyl (C=O) groups excluding carboxylic acids is 1. The molecule has 0 aliphatic carbocycles. The molecule has 2 N–H and O–H groups in total. The van der Waals surface area contributed by atoms with Gasteiger partial charge < -0.3 is 10.3 Å². The first-order chi connectivity index (χ1) is 15.4. The van der Waals surface area contributed by atoms with E-state index in [4.69, 9.17) is 11.6 Å². The van der Waals surface area contributed by atoms with E-state index < -0.39 is 0 Å². The summed E-state index contributed by atoms with van der Waals surface area (Å²) in [5.41, 5.74) is 2.09. The van der Waals surface area contributed by atoms with E-state index in [1.807, 2.05) is 23.6 Å². The van der Waals surface area contributed by atoms with Gasteiger partial charge in [-0.2, -0.15) is 0 Å². The lowest BCUT2D eigenvalue weighted by Gasteiger charge is -2.12. The standard InChI is InChI=1S/C23H19ClFN3O2S2/c1-13(21(29)26-10-15-4-2-3-5-18(15)24)31-12-19-27-22(30)20-17(11-32-23(20)28-19)14-6-8-16(25)9-7-14/h2-9,11,13H,10,12H2,1H3,(H,26,29)(H,27,28,30)/t13-/m0/s1. The lowest BCUT2D eigenvalue weighted by molar-refractivity contribution is -0.120. The molecule has 0 aliphatic heterocycles. The van der Waals surface area contributed by atoms with E-state index >= 15 is 0 Å². The molecule has 164 valence electrons. The van der Waals surface area contributed by atoms with Crippen molar-refractivity contribution in [1.29, 1.82) is 0 Å². The van der Waals surface area contributed by atoms with E-state index in [9.17, 15) is 14.0 Å². The van der Waals surface area contributed by atoms with Crippen LogP contribution in [0.2, 0.25) is 5.02 Å². The molecular formula is C23H19ClFN3O2S2. The van der Waals surface area contributed by atoms with E-state index in [2.05, 4.69) is 15.3 Å². The molecule has 0 aliphatic rings. The molecular weight excluding hydrogens is 469 g/mol. The molecule has 0 bridgehead atoms. The first kappa shape index (κ1) is 22.5. The van der Waals surface area contributed by atoms with Gasteiger partial charge in [0.25, 0.3) is 5.56 Å². The maximum absolute atomic E-state index is 13.2. The van der Waals surface area contributed by atoms with Crippen LogP contribution in [0.1, 0.15) is 18.3 Å². The summed E-state index contributed by atoms with van der Waals surface area (Å²) >= 11 is 8.87. The molecule has 0 unspecified atom stereocenters. The van der Waals surface area contributed by atoms with E-state index in [0.29, 0.717) is 33.4 Å². The number of halogens is 2. The van der Waals surface area contributed by atoms with Gasteiger partial charge >= 0.3 is 0 Å². The Bertz CT molecular complexity index is 1320. The summed E-state index contributed by atoms with van der Waals surface area (Å²) in [4.78, 5) is 33.1. The number of aromatic nitrogens is 2. The molecule has 0 saturated carbocycles. The lowest BCUT2D eigenvalue weighted by Crippen LogP contribution is -2.30. The van der Waals surface area contributed by atoms with Crippen LogP contribution < -0.4 is 10.9 Å². The number of fused-ring (bicyclic) bond motifs is 1. The Morgan fingerprint density at radius 2 is 2.00 bits per heavy atom. The van der Waals surface area contributed by atoms with Crippen molar-refractivity contribution in [3.8, 4) is 11.1 Å². The third kappa shape index (κ3) is 5.03. The van der Waals surface area contributed by atoms with E-state index in [1.165, 1.54) is 35.2 Å². The van der Waals surface area contributed by atoms with Gasteiger partial charge in [-0.1, -0.05) is 41.9 Å². The van der Waals surface area contributed by atoms with Gasteiger partial charge in [0, 0.05) is 22.5 Å². The molecule has 4 aromatic rings. The molecule has 2 aromatic carbocycles. The number of hydrogen-bond acceptors (Lipinski definition) is 5. The Kier molecular flexibility index (Phi) is 6.93. The summed E-state index contributed by atoms with van der Waals surface area (Å²) in [6, 6.07) is 13.4. The van der Waals surface area contributed by atoms with E-state index in [0.717, 1.165) is 16.7 Å². The fourth-order valence-corrected chi connectivity index (χ4v) is 5.10. The smallest absolute Gasteiger partial charge is 0.260 e. The second kappa shape index (κ2) is 9.85. The molecule has 1 atom stereocenters. The summed E-state index contributed by atoms with van der Waals surface area (Å²) in [5, 5.41) is 5.49. The number of thiophene rings is 1. The Balaban J connectivity index is 1.42. The highest BCUT2D eigenvalue weighted by Gasteiger charge is 2.17. The highest BCUT2D eigenvalue weighted by atomic mass is 35.5. The number of nitrogens with one attached hydrogen (secondary N) is 2. The fraction of sp³-hybridized carbons (Fsp3) is 0.174. The van der Waals surface area contributed by atoms with Crippen LogP contribution in [0.15, 0.2) is 58.7 Å². The van der Waals surface area contributed by atoms with Gasteiger partial charge in [-0.25, -0.2) is 9.37 Å². The second-order valence-corrected chi connectivity index (χ2v) is 9.71. The van der Waals surface area contributed by atoms with Crippen LogP contribution in [0.4, 0.5) is 4.39 Å². The molecule has 32 heavy (non-hydrogen) atoms. The molecule has 4 rings (SSSR count). The van der Waals surface area contributed by atoms with Crippen LogP contribution in [0.25, 0.3) is 21.3 Å². The van der Waals surface area contributed by atoms with Crippen LogP contribution in [0.5, 0.6) is 0 Å². The average Bonchev–Trinajstić information content (AvgIpc) is 3.22. The van der Waals surface area contributed by atoms with Crippen LogP contribution in [0, 0.1) is 5.82 Å². The van der Waals surface area contributed by atoms with Gasteiger partial charge in [-0.3, -0.25) is 9.59 Å². The minimum atomic E-state index is -0.336. The molecule has 9 heteroatoms. The summed E-state index contributed by atoms with van der Waals surface area (Å²) in [7, 11) is 0. The highest BCUT2D eigenvalue weighted by molar-refractivity contribution is 7.99. The predicted molar refractivity (Wildman–Crippen MR) is 130 cm³/mol. The molecule has 0 fully saturated rings. The molecule has 5 nitrogen and oxygen atoms in total. The fourth-order valence-electron chi connectivity index (χ4n) is 3.15. The average molecular weight is 488 g/mol. The van der Waals surface area contributed by atoms with Crippen LogP contribution in [-0.2, 0) is 17.1 Å². The zero-order valence-corrected chi connectivity index (χ0v) is 19.4. The lowest BCUT2D eigenvalue weighted by atomic mass is 10.1. The second-order valence-electron chi connectivity index (χ2n) is 7.11. The zero-order chi connectivity index (χ0) is 22.7. The van der Waals surface area contributed by atoms with Crippen molar-refractivity contribution in [3.05, 3.63) is 86.5 Å². The molecule has 2 heterocycles. The van der Waals surface area contributed by atoms with Crippen molar-refractivity contribution < 1.29 is 9.18 Å². The Hall–Kier alpha value is -2.68. The van der Waals surface area contributed by atoms with Crippen molar-refractivity contribution in [3.63, 3.8) is 0 Å². The van der Waals surface area contributed by atoms with Crippen LogP contribution in [-0.4, -0.2) is 21.1 Å². The molecule has 2 aromatic heterocycles. The number of H-pyrrole nitrogens is 1. The predicted octanol–water partition coefficient (Wildman–Crippen LogP) is 5.38. The van der Waals surface area contributed by atoms with Crippen molar-refractivity contribution in [2.24, 2.45) is 0 Å². The summed E-state index contributed by atoms with van der Waals surface area (Å²) in [6.07, 6.45) is 0. The Morgan fingerprint density at radius 1 is 1.25 bits per heavy atom. The van der Waals surface area contributed by atoms with E-state index in [1.54, 1.807) is 25.1 Å². The number of aromatic amines is 1.